The summed E-state index contributed by atoms with van der Waals surface area (Å²) in [6, 6.07) is 0. The van der Waals surface area contributed by atoms with Crippen LogP contribution < -0.4 is 10.6 Å². The number of aliphatic imine (C=N–C) groups is 1. The van der Waals surface area contributed by atoms with Crippen LogP contribution in [0, 0.1) is 11.3 Å². The summed E-state index contributed by atoms with van der Waals surface area (Å²) in [6.45, 7) is 11.5. The first-order valence-electron chi connectivity index (χ1n) is 11.2. The van der Waals surface area contributed by atoms with E-state index >= 15 is 0 Å². The van der Waals surface area contributed by atoms with E-state index in [0.29, 0.717) is 5.41 Å². The number of nitrogens with zero attached hydrogens (tertiary/aromatic N) is 2. The average molecular weight is 508 g/mol. The summed E-state index contributed by atoms with van der Waals surface area (Å²) in [6.07, 6.45) is 9.38. The summed E-state index contributed by atoms with van der Waals surface area (Å²) in [4.78, 5) is 7.59. The molecule has 3 fully saturated rings. The molecular formula is C21H41IN4O2. The Morgan fingerprint density at radius 2 is 1.89 bits per heavy atom. The maximum Gasteiger partial charge on any atom is 0.191 e. The van der Waals surface area contributed by atoms with Crippen molar-refractivity contribution >= 4 is 29.9 Å². The highest BCUT2D eigenvalue weighted by molar-refractivity contribution is 14.0. The Morgan fingerprint density at radius 3 is 2.57 bits per heavy atom. The molecule has 0 bridgehead atoms. The average Bonchev–Trinajstić information content (AvgIpc) is 3.52. The van der Waals surface area contributed by atoms with Gasteiger partial charge in [-0.1, -0.05) is 19.3 Å². The molecule has 1 saturated heterocycles. The van der Waals surface area contributed by atoms with E-state index in [-0.39, 0.29) is 24.0 Å². The lowest BCUT2D eigenvalue weighted by atomic mass is 9.73. The number of morpholine rings is 1. The molecule has 0 radical (unpaired) electrons. The van der Waals surface area contributed by atoms with E-state index in [0.717, 1.165) is 71.0 Å². The second kappa shape index (κ2) is 13.2. The van der Waals surface area contributed by atoms with Crippen LogP contribution in [0.25, 0.3) is 0 Å². The van der Waals surface area contributed by atoms with E-state index in [9.17, 15) is 0 Å². The fourth-order valence-electron chi connectivity index (χ4n) is 4.27. The summed E-state index contributed by atoms with van der Waals surface area (Å²) in [7, 11) is 0. The van der Waals surface area contributed by atoms with Gasteiger partial charge in [-0.3, -0.25) is 9.89 Å². The van der Waals surface area contributed by atoms with Crippen molar-refractivity contribution in [2.45, 2.75) is 51.9 Å². The van der Waals surface area contributed by atoms with Crippen molar-refractivity contribution in [1.82, 2.24) is 15.5 Å². The van der Waals surface area contributed by atoms with Gasteiger partial charge in [0.25, 0.3) is 0 Å². The minimum Gasteiger partial charge on any atom is -0.379 e. The fourth-order valence-corrected chi connectivity index (χ4v) is 4.27. The molecule has 6 nitrogen and oxygen atoms in total. The molecule has 164 valence electrons. The van der Waals surface area contributed by atoms with Crippen molar-refractivity contribution in [2.24, 2.45) is 16.3 Å². The summed E-state index contributed by atoms with van der Waals surface area (Å²) in [5.41, 5.74) is 0.334. The van der Waals surface area contributed by atoms with Crippen LogP contribution in [-0.2, 0) is 9.47 Å². The van der Waals surface area contributed by atoms with Crippen molar-refractivity contribution in [3.05, 3.63) is 0 Å². The Hall–Kier alpha value is -0.120. The number of hydrogen-bond acceptors (Lipinski definition) is 4. The zero-order chi connectivity index (χ0) is 18.8. The summed E-state index contributed by atoms with van der Waals surface area (Å²) in [5, 5.41) is 6.86. The second-order valence-corrected chi connectivity index (χ2v) is 8.59. The largest absolute Gasteiger partial charge is 0.379 e. The van der Waals surface area contributed by atoms with Gasteiger partial charge in [0.2, 0.25) is 0 Å². The molecule has 3 aliphatic rings. The molecule has 0 spiro atoms. The van der Waals surface area contributed by atoms with Crippen LogP contribution in [0.15, 0.2) is 4.99 Å². The number of hydrogen-bond donors (Lipinski definition) is 2. The van der Waals surface area contributed by atoms with Gasteiger partial charge < -0.3 is 20.1 Å². The molecule has 0 aromatic carbocycles. The molecule has 3 rings (SSSR count). The van der Waals surface area contributed by atoms with Crippen molar-refractivity contribution in [3.63, 3.8) is 0 Å². The Labute approximate surface area is 188 Å². The predicted molar refractivity (Wildman–Crippen MR) is 126 cm³/mol. The molecule has 2 aliphatic carbocycles. The lowest BCUT2D eigenvalue weighted by Gasteiger charge is -2.41. The van der Waals surface area contributed by atoms with Crippen LogP contribution in [0.2, 0.25) is 0 Å². The highest BCUT2D eigenvalue weighted by Crippen LogP contribution is 2.37. The topological polar surface area (TPSA) is 58.1 Å². The molecular weight excluding hydrogens is 467 g/mol. The Morgan fingerprint density at radius 1 is 1.14 bits per heavy atom. The number of nitrogens with one attached hydrogen (secondary N) is 2. The lowest BCUT2D eigenvalue weighted by molar-refractivity contribution is 0.00937. The van der Waals surface area contributed by atoms with Crippen molar-refractivity contribution in [2.75, 3.05) is 65.7 Å². The molecule has 1 aliphatic heterocycles. The smallest absolute Gasteiger partial charge is 0.191 e. The first-order chi connectivity index (χ1) is 13.3. The molecule has 28 heavy (non-hydrogen) atoms. The van der Waals surface area contributed by atoms with E-state index in [4.69, 9.17) is 14.5 Å². The fraction of sp³-hybridized carbons (Fsp3) is 0.952. The summed E-state index contributed by atoms with van der Waals surface area (Å²) >= 11 is 0. The van der Waals surface area contributed by atoms with E-state index < -0.39 is 0 Å². The van der Waals surface area contributed by atoms with Crippen molar-refractivity contribution in [3.8, 4) is 0 Å². The third kappa shape index (κ3) is 8.71. The number of ether oxygens (including phenoxy) is 2. The molecule has 7 heteroatoms. The minimum absolute atomic E-state index is 0. The van der Waals surface area contributed by atoms with Crippen LogP contribution >= 0.6 is 24.0 Å². The Balaban J connectivity index is 0.00000280. The molecule has 2 saturated carbocycles. The monoisotopic (exact) mass is 508 g/mol. The molecule has 2 N–H and O–H groups in total. The SMILES string of the molecule is CCNC(=NCC1(CN2CCOCC2)CCCCC1)NCCOCC1CC1.I. The second-order valence-electron chi connectivity index (χ2n) is 8.59. The molecule has 1 heterocycles. The van der Waals surface area contributed by atoms with Crippen LogP contribution in [0.4, 0.5) is 0 Å². The lowest BCUT2D eigenvalue weighted by Crippen LogP contribution is -2.47. The van der Waals surface area contributed by atoms with Gasteiger partial charge in [-0.2, -0.15) is 0 Å². The van der Waals surface area contributed by atoms with Crippen molar-refractivity contribution in [1.29, 1.82) is 0 Å². The normalized spacial score (nSPS) is 23.1. The first kappa shape index (κ1) is 24.2. The maximum atomic E-state index is 5.74. The van der Waals surface area contributed by atoms with E-state index in [2.05, 4.69) is 22.5 Å². The molecule has 0 unspecified atom stereocenters. The standard InChI is InChI=1S/C21H40N4O2.HI/c1-2-22-20(23-10-13-27-16-19-6-7-19)24-17-21(8-4-3-5-9-21)18-25-11-14-26-15-12-25;/h19H,2-18H2,1H3,(H2,22,23,24);1H. The molecule has 0 amide bonds. The van der Waals surface area contributed by atoms with E-state index in [1.807, 2.05) is 0 Å². The summed E-state index contributed by atoms with van der Waals surface area (Å²) < 4.78 is 11.3. The van der Waals surface area contributed by atoms with E-state index in [1.165, 1.54) is 51.5 Å². The van der Waals surface area contributed by atoms with Gasteiger partial charge in [0.1, 0.15) is 0 Å². The minimum atomic E-state index is 0. The Kier molecular flexibility index (Phi) is 11.4. The molecule has 0 atom stereocenters. The molecule has 0 aromatic heterocycles. The van der Waals surface area contributed by atoms with Gasteiger partial charge in [0.15, 0.2) is 5.96 Å². The predicted octanol–water partition coefficient (Wildman–Crippen LogP) is 2.87. The van der Waals surface area contributed by atoms with Gasteiger partial charge in [-0.05, 0) is 38.5 Å². The zero-order valence-electron chi connectivity index (χ0n) is 17.7. The summed E-state index contributed by atoms with van der Waals surface area (Å²) in [5.74, 6) is 1.78. The van der Waals surface area contributed by atoms with Gasteiger partial charge in [0, 0.05) is 51.3 Å². The molecule has 0 aromatic rings. The van der Waals surface area contributed by atoms with Crippen LogP contribution in [-0.4, -0.2) is 76.6 Å². The first-order valence-corrected chi connectivity index (χ1v) is 11.2. The van der Waals surface area contributed by atoms with Gasteiger partial charge in [-0.15, -0.1) is 24.0 Å². The van der Waals surface area contributed by atoms with Crippen LogP contribution in [0.3, 0.4) is 0 Å². The third-order valence-electron chi connectivity index (χ3n) is 6.08. The van der Waals surface area contributed by atoms with Gasteiger partial charge >= 0.3 is 0 Å². The number of guanidine groups is 1. The van der Waals surface area contributed by atoms with Crippen LogP contribution in [0.1, 0.15) is 51.9 Å². The Bertz CT molecular complexity index is 448. The quantitative estimate of drug-likeness (QED) is 0.206. The van der Waals surface area contributed by atoms with E-state index in [1.54, 1.807) is 0 Å². The zero-order valence-corrected chi connectivity index (χ0v) is 20.0. The number of halogens is 1. The van der Waals surface area contributed by atoms with Crippen LogP contribution in [0.5, 0.6) is 0 Å². The highest BCUT2D eigenvalue weighted by atomic mass is 127. The van der Waals surface area contributed by atoms with Gasteiger partial charge in [-0.25, -0.2) is 0 Å². The highest BCUT2D eigenvalue weighted by Gasteiger charge is 2.34. The van der Waals surface area contributed by atoms with Crippen molar-refractivity contribution < 1.29 is 9.47 Å². The van der Waals surface area contributed by atoms with Gasteiger partial charge in [0.05, 0.1) is 19.8 Å². The number of rotatable bonds is 10. The third-order valence-corrected chi connectivity index (χ3v) is 6.08. The maximum absolute atomic E-state index is 5.74.